The zero-order chi connectivity index (χ0) is 20.5. The molecule has 0 N–H and O–H groups in total. The summed E-state index contributed by atoms with van der Waals surface area (Å²) in [6.45, 7) is -0.0200. The van der Waals surface area contributed by atoms with E-state index in [0.29, 0.717) is 35.6 Å². The summed E-state index contributed by atoms with van der Waals surface area (Å²) in [6.07, 6.45) is 0.534. The fraction of sp³-hybridized carbons (Fsp3) is 0.400. The fourth-order valence-corrected chi connectivity index (χ4v) is 3.76. The average molecular weight is 400 g/mol. The number of hydrogen-bond acceptors (Lipinski definition) is 6. The number of fused-ring (bicyclic) bond motifs is 1. The quantitative estimate of drug-likeness (QED) is 0.656. The molecule has 1 saturated heterocycles. The average Bonchev–Trinajstić information content (AvgIpc) is 3.19. The number of anilines is 2. The van der Waals surface area contributed by atoms with Crippen molar-refractivity contribution in [2.45, 2.75) is 31.9 Å². The first-order valence-electron chi connectivity index (χ1n) is 9.50. The van der Waals surface area contributed by atoms with Crippen molar-refractivity contribution in [2.75, 3.05) is 30.4 Å². The molecule has 3 heterocycles. The molecular weight excluding hydrogens is 378 g/mol. The molecular formula is C20H22F2N6O. The third kappa shape index (κ3) is 3.64. The number of aromatic nitrogens is 4. The van der Waals surface area contributed by atoms with Gasteiger partial charge in [0, 0.05) is 26.8 Å². The molecule has 4 rings (SSSR count). The Morgan fingerprint density at radius 2 is 2.00 bits per heavy atom. The van der Waals surface area contributed by atoms with E-state index in [-0.39, 0.29) is 6.04 Å². The van der Waals surface area contributed by atoms with E-state index in [1.54, 1.807) is 36.5 Å². The zero-order valence-corrected chi connectivity index (χ0v) is 16.3. The Morgan fingerprint density at radius 1 is 1.21 bits per heavy atom. The molecule has 1 aliphatic heterocycles. The number of rotatable bonds is 5. The first-order chi connectivity index (χ1) is 14.0. The van der Waals surface area contributed by atoms with Gasteiger partial charge in [0.2, 0.25) is 5.95 Å². The minimum Gasteiger partial charge on any atom is -0.363 e. The van der Waals surface area contributed by atoms with Crippen LogP contribution in [0.1, 0.15) is 24.7 Å². The monoisotopic (exact) mass is 400 g/mol. The summed E-state index contributed by atoms with van der Waals surface area (Å²) >= 11 is 0. The van der Waals surface area contributed by atoms with Crippen LogP contribution in [-0.4, -0.2) is 46.6 Å². The van der Waals surface area contributed by atoms with Crippen LogP contribution < -0.4 is 15.4 Å². The van der Waals surface area contributed by atoms with Crippen molar-refractivity contribution in [3.8, 4) is 0 Å². The second-order valence-corrected chi connectivity index (χ2v) is 7.25. The summed E-state index contributed by atoms with van der Waals surface area (Å²) < 4.78 is 27.7. The molecule has 29 heavy (non-hydrogen) atoms. The molecule has 9 heteroatoms. The highest BCUT2D eigenvalue weighted by atomic mass is 19.3. The Bertz CT molecular complexity index is 1080. The lowest BCUT2D eigenvalue weighted by Gasteiger charge is -2.27. The standard InChI is InChI=1S/C20H22F2N6O/c1-26(2)17-9-10-23-20(25-17)27-11-5-8-15(27)18-24-14-7-4-3-6-13(14)19(29)28(18)12-16(21)22/h3-4,6-7,9-10,15-16H,5,8,11-12H2,1-2H3. The minimum atomic E-state index is -2.66. The van der Waals surface area contributed by atoms with Gasteiger partial charge in [-0.25, -0.2) is 18.7 Å². The van der Waals surface area contributed by atoms with E-state index in [9.17, 15) is 13.6 Å². The van der Waals surface area contributed by atoms with Crippen molar-refractivity contribution in [3.05, 3.63) is 52.7 Å². The molecule has 0 bridgehead atoms. The first-order valence-corrected chi connectivity index (χ1v) is 9.50. The van der Waals surface area contributed by atoms with E-state index in [2.05, 4.69) is 15.0 Å². The normalized spacial score (nSPS) is 16.7. The lowest BCUT2D eigenvalue weighted by molar-refractivity contribution is 0.123. The fourth-order valence-electron chi connectivity index (χ4n) is 3.76. The van der Waals surface area contributed by atoms with Crippen molar-refractivity contribution < 1.29 is 8.78 Å². The molecule has 0 aliphatic carbocycles. The highest BCUT2D eigenvalue weighted by Gasteiger charge is 2.33. The van der Waals surface area contributed by atoms with Crippen LogP contribution in [0.25, 0.3) is 10.9 Å². The number of hydrogen-bond donors (Lipinski definition) is 0. The van der Waals surface area contributed by atoms with E-state index in [4.69, 9.17) is 0 Å². The third-order valence-corrected chi connectivity index (χ3v) is 5.11. The highest BCUT2D eigenvalue weighted by Crippen LogP contribution is 2.34. The highest BCUT2D eigenvalue weighted by molar-refractivity contribution is 5.77. The largest absolute Gasteiger partial charge is 0.363 e. The second-order valence-electron chi connectivity index (χ2n) is 7.25. The molecule has 1 aromatic carbocycles. The minimum absolute atomic E-state index is 0.338. The Hall–Kier alpha value is -3.10. The smallest absolute Gasteiger partial charge is 0.261 e. The topological polar surface area (TPSA) is 67.2 Å². The van der Waals surface area contributed by atoms with Gasteiger partial charge in [-0.3, -0.25) is 9.36 Å². The predicted molar refractivity (Wildman–Crippen MR) is 108 cm³/mol. The maximum atomic E-state index is 13.3. The number of benzene rings is 1. The van der Waals surface area contributed by atoms with Crippen molar-refractivity contribution >= 4 is 22.7 Å². The van der Waals surface area contributed by atoms with Gasteiger partial charge in [0.25, 0.3) is 12.0 Å². The van der Waals surface area contributed by atoms with Crippen molar-refractivity contribution in [2.24, 2.45) is 0 Å². The van der Waals surface area contributed by atoms with E-state index in [1.807, 2.05) is 23.9 Å². The van der Waals surface area contributed by atoms with Crippen LogP contribution in [-0.2, 0) is 6.54 Å². The van der Waals surface area contributed by atoms with E-state index < -0.39 is 18.5 Å². The van der Waals surface area contributed by atoms with Gasteiger partial charge in [-0.05, 0) is 31.0 Å². The van der Waals surface area contributed by atoms with Gasteiger partial charge in [-0.15, -0.1) is 0 Å². The zero-order valence-electron chi connectivity index (χ0n) is 16.3. The molecule has 0 saturated carbocycles. The van der Waals surface area contributed by atoms with Crippen LogP contribution in [0.3, 0.4) is 0 Å². The lowest BCUT2D eigenvalue weighted by Crippen LogP contribution is -2.34. The van der Waals surface area contributed by atoms with Gasteiger partial charge in [0.15, 0.2) is 0 Å². The molecule has 1 aliphatic rings. The molecule has 1 fully saturated rings. The molecule has 7 nitrogen and oxygen atoms in total. The maximum Gasteiger partial charge on any atom is 0.261 e. The van der Waals surface area contributed by atoms with Crippen LogP contribution >= 0.6 is 0 Å². The summed E-state index contributed by atoms with van der Waals surface area (Å²) in [6, 6.07) is 8.30. The summed E-state index contributed by atoms with van der Waals surface area (Å²) in [5.74, 6) is 1.59. The van der Waals surface area contributed by atoms with Crippen molar-refractivity contribution in [1.29, 1.82) is 0 Å². The summed E-state index contributed by atoms with van der Waals surface area (Å²) in [7, 11) is 3.78. The van der Waals surface area contributed by atoms with Crippen molar-refractivity contribution in [1.82, 2.24) is 19.5 Å². The molecule has 152 valence electrons. The summed E-state index contributed by atoms with van der Waals surface area (Å²) in [5, 5.41) is 0.340. The number of para-hydroxylation sites is 1. The van der Waals surface area contributed by atoms with E-state index >= 15 is 0 Å². The predicted octanol–water partition coefficient (Wildman–Crippen LogP) is 2.86. The third-order valence-electron chi connectivity index (χ3n) is 5.11. The molecule has 3 aromatic rings. The molecule has 1 unspecified atom stereocenters. The summed E-state index contributed by atoms with van der Waals surface area (Å²) in [4.78, 5) is 30.4. The van der Waals surface area contributed by atoms with Crippen LogP contribution in [0.15, 0.2) is 41.3 Å². The Balaban J connectivity index is 1.84. The number of halogens is 2. The maximum absolute atomic E-state index is 13.3. The second kappa shape index (κ2) is 7.73. The van der Waals surface area contributed by atoms with Crippen LogP contribution in [0.2, 0.25) is 0 Å². The van der Waals surface area contributed by atoms with Gasteiger partial charge in [0.05, 0.1) is 23.5 Å². The van der Waals surface area contributed by atoms with Gasteiger partial charge in [-0.1, -0.05) is 12.1 Å². The Morgan fingerprint density at radius 3 is 2.76 bits per heavy atom. The van der Waals surface area contributed by atoms with Crippen LogP contribution in [0.5, 0.6) is 0 Å². The molecule has 0 radical (unpaired) electrons. The van der Waals surface area contributed by atoms with Crippen LogP contribution in [0, 0.1) is 0 Å². The van der Waals surface area contributed by atoms with E-state index in [0.717, 1.165) is 16.8 Å². The van der Waals surface area contributed by atoms with Crippen LogP contribution in [0.4, 0.5) is 20.5 Å². The molecule has 1 atom stereocenters. The number of alkyl halides is 2. The molecule has 0 spiro atoms. The first kappa shape index (κ1) is 19.2. The van der Waals surface area contributed by atoms with Gasteiger partial charge in [-0.2, -0.15) is 4.98 Å². The lowest BCUT2D eigenvalue weighted by atomic mass is 10.1. The SMILES string of the molecule is CN(C)c1ccnc(N2CCCC2c2nc3ccccc3c(=O)n2CC(F)F)n1. The number of nitrogens with zero attached hydrogens (tertiary/aromatic N) is 6. The molecule has 2 aromatic heterocycles. The van der Waals surface area contributed by atoms with Gasteiger partial charge in [0.1, 0.15) is 11.6 Å². The molecule has 0 amide bonds. The Kier molecular flexibility index (Phi) is 5.12. The van der Waals surface area contributed by atoms with Gasteiger partial charge >= 0.3 is 0 Å². The van der Waals surface area contributed by atoms with Gasteiger partial charge < -0.3 is 9.80 Å². The Labute approximate surface area is 166 Å². The van der Waals surface area contributed by atoms with Crippen molar-refractivity contribution in [3.63, 3.8) is 0 Å². The summed E-state index contributed by atoms with van der Waals surface area (Å²) in [5.41, 5.74) is 0.0635. The van der Waals surface area contributed by atoms with E-state index in [1.165, 1.54) is 0 Å².